The first kappa shape index (κ1) is 9.08. The number of nitrogens with zero attached hydrogens (tertiary/aromatic N) is 2. The van der Waals surface area contributed by atoms with Crippen LogP contribution in [0.2, 0.25) is 0 Å². The van der Waals surface area contributed by atoms with Gasteiger partial charge in [0.15, 0.2) is 0 Å². The molecule has 1 heterocycles. The Morgan fingerprint density at radius 1 is 1.50 bits per heavy atom. The van der Waals surface area contributed by atoms with E-state index in [2.05, 4.69) is 11.1 Å². The van der Waals surface area contributed by atoms with Crippen molar-refractivity contribution in [3.63, 3.8) is 0 Å². The van der Waals surface area contributed by atoms with Crippen molar-refractivity contribution in [1.29, 1.82) is 5.26 Å². The lowest BCUT2D eigenvalue weighted by molar-refractivity contribution is 1.16. The standard InChI is InChI=1S/C9H10N2S/c10-5-3-7-12-8-9-4-1-2-6-11-9/h1-2,4,6H,3,7-8H2. The Labute approximate surface area is 76.6 Å². The molecule has 0 saturated carbocycles. The molecular weight excluding hydrogens is 168 g/mol. The van der Waals surface area contributed by atoms with E-state index < -0.39 is 0 Å². The third-order valence-corrected chi connectivity index (χ3v) is 2.33. The number of hydrogen-bond acceptors (Lipinski definition) is 3. The van der Waals surface area contributed by atoms with Crippen molar-refractivity contribution in [3.05, 3.63) is 30.1 Å². The summed E-state index contributed by atoms with van der Waals surface area (Å²) in [6.07, 6.45) is 2.41. The molecule has 0 fully saturated rings. The fourth-order valence-corrected chi connectivity index (χ4v) is 1.54. The lowest BCUT2D eigenvalue weighted by Crippen LogP contribution is -1.85. The number of rotatable bonds is 4. The third kappa shape index (κ3) is 3.40. The summed E-state index contributed by atoms with van der Waals surface area (Å²) in [5.41, 5.74) is 1.08. The third-order valence-electron chi connectivity index (χ3n) is 1.33. The quantitative estimate of drug-likeness (QED) is 0.663. The zero-order valence-electron chi connectivity index (χ0n) is 6.73. The van der Waals surface area contributed by atoms with Crippen LogP contribution in [0, 0.1) is 11.3 Å². The molecule has 12 heavy (non-hydrogen) atoms. The van der Waals surface area contributed by atoms with Gasteiger partial charge in [-0.1, -0.05) is 6.07 Å². The van der Waals surface area contributed by atoms with E-state index in [1.54, 1.807) is 18.0 Å². The average Bonchev–Trinajstić information content (AvgIpc) is 2.14. The monoisotopic (exact) mass is 178 g/mol. The molecule has 0 spiro atoms. The minimum absolute atomic E-state index is 0.623. The maximum Gasteiger partial charge on any atom is 0.0630 e. The summed E-state index contributed by atoms with van der Waals surface area (Å²) in [4.78, 5) is 4.17. The van der Waals surface area contributed by atoms with Crippen LogP contribution in [0.15, 0.2) is 24.4 Å². The van der Waals surface area contributed by atoms with Gasteiger partial charge in [-0.05, 0) is 12.1 Å². The molecule has 1 aromatic rings. The van der Waals surface area contributed by atoms with Gasteiger partial charge in [0, 0.05) is 24.1 Å². The fourth-order valence-electron chi connectivity index (χ4n) is 0.778. The maximum absolute atomic E-state index is 8.28. The van der Waals surface area contributed by atoms with Crippen molar-refractivity contribution in [2.75, 3.05) is 5.75 Å². The molecule has 0 N–H and O–H groups in total. The highest BCUT2D eigenvalue weighted by atomic mass is 32.2. The van der Waals surface area contributed by atoms with Crippen LogP contribution in [0.4, 0.5) is 0 Å². The van der Waals surface area contributed by atoms with Crippen LogP contribution in [-0.4, -0.2) is 10.7 Å². The second-order valence-electron chi connectivity index (χ2n) is 2.28. The van der Waals surface area contributed by atoms with Gasteiger partial charge in [0.25, 0.3) is 0 Å². The van der Waals surface area contributed by atoms with Crippen LogP contribution in [0.1, 0.15) is 12.1 Å². The summed E-state index contributed by atoms with van der Waals surface area (Å²) in [5.74, 6) is 1.80. The first-order chi connectivity index (χ1) is 5.93. The molecule has 0 bridgehead atoms. The van der Waals surface area contributed by atoms with Crippen molar-refractivity contribution in [2.45, 2.75) is 12.2 Å². The predicted octanol–water partition coefficient (Wildman–Crippen LogP) is 2.23. The Balaban J connectivity index is 2.21. The van der Waals surface area contributed by atoms with Gasteiger partial charge in [0.2, 0.25) is 0 Å². The van der Waals surface area contributed by atoms with E-state index in [1.165, 1.54) is 0 Å². The molecule has 0 aliphatic carbocycles. The van der Waals surface area contributed by atoms with E-state index in [0.29, 0.717) is 6.42 Å². The molecule has 3 heteroatoms. The molecule has 0 aliphatic heterocycles. The van der Waals surface area contributed by atoms with Gasteiger partial charge in [0.1, 0.15) is 0 Å². The Kier molecular flexibility index (Phi) is 4.25. The molecule has 2 nitrogen and oxygen atoms in total. The summed E-state index contributed by atoms with van der Waals surface area (Å²) in [6, 6.07) is 8.00. The van der Waals surface area contributed by atoms with Crippen LogP contribution < -0.4 is 0 Å². The Morgan fingerprint density at radius 3 is 3.08 bits per heavy atom. The Hall–Kier alpha value is -1.01. The van der Waals surface area contributed by atoms with E-state index in [0.717, 1.165) is 17.2 Å². The minimum atomic E-state index is 0.623. The van der Waals surface area contributed by atoms with Crippen molar-refractivity contribution < 1.29 is 0 Å². The average molecular weight is 178 g/mol. The molecule has 0 aliphatic rings. The van der Waals surface area contributed by atoms with Crippen molar-refractivity contribution >= 4 is 11.8 Å². The summed E-state index contributed by atoms with van der Waals surface area (Å²) in [7, 11) is 0. The van der Waals surface area contributed by atoms with Crippen LogP contribution in [0.25, 0.3) is 0 Å². The van der Waals surface area contributed by atoms with Gasteiger partial charge in [-0.2, -0.15) is 17.0 Å². The number of hydrogen-bond donors (Lipinski definition) is 0. The molecule has 62 valence electrons. The first-order valence-corrected chi connectivity index (χ1v) is 4.93. The van der Waals surface area contributed by atoms with Crippen LogP contribution in [-0.2, 0) is 5.75 Å². The molecular formula is C9H10N2S. The molecule has 0 radical (unpaired) electrons. The fraction of sp³-hybridized carbons (Fsp3) is 0.333. The zero-order valence-corrected chi connectivity index (χ0v) is 7.55. The van der Waals surface area contributed by atoms with Crippen LogP contribution >= 0.6 is 11.8 Å². The summed E-state index contributed by atoms with van der Waals surface area (Å²) >= 11 is 1.75. The largest absolute Gasteiger partial charge is 0.260 e. The summed E-state index contributed by atoms with van der Waals surface area (Å²) in [5, 5.41) is 8.28. The Bertz CT molecular complexity index is 253. The highest BCUT2D eigenvalue weighted by molar-refractivity contribution is 7.98. The Morgan fingerprint density at radius 2 is 2.42 bits per heavy atom. The first-order valence-electron chi connectivity index (χ1n) is 3.78. The van der Waals surface area contributed by atoms with E-state index >= 15 is 0 Å². The summed E-state index contributed by atoms with van der Waals surface area (Å²) < 4.78 is 0. The number of pyridine rings is 1. The second-order valence-corrected chi connectivity index (χ2v) is 3.39. The van der Waals surface area contributed by atoms with E-state index in [-0.39, 0.29) is 0 Å². The molecule has 0 atom stereocenters. The number of nitriles is 1. The molecule has 0 saturated heterocycles. The van der Waals surface area contributed by atoms with Gasteiger partial charge in [-0.3, -0.25) is 4.98 Å². The molecule has 0 unspecified atom stereocenters. The normalized spacial score (nSPS) is 9.25. The highest BCUT2D eigenvalue weighted by Gasteiger charge is 1.92. The molecule has 0 amide bonds. The SMILES string of the molecule is N#CCCSCc1ccccn1. The second kappa shape index (κ2) is 5.62. The van der Waals surface area contributed by atoms with Gasteiger partial charge in [0.05, 0.1) is 11.8 Å². The number of thioether (sulfide) groups is 1. The topological polar surface area (TPSA) is 36.7 Å². The lowest BCUT2D eigenvalue weighted by Gasteiger charge is -1.96. The van der Waals surface area contributed by atoms with Gasteiger partial charge in [-0.25, -0.2) is 0 Å². The summed E-state index contributed by atoms with van der Waals surface area (Å²) in [6.45, 7) is 0. The number of aromatic nitrogens is 1. The van der Waals surface area contributed by atoms with Crippen molar-refractivity contribution in [1.82, 2.24) is 4.98 Å². The molecule has 0 aromatic carbocycles. The van der Waals surface area contributed by atoms with Crippen molar-refractivity contribution in [2.24, 2.45) is 0 Å². The van der Waals surface area contributed by atoms with E-state index in [4.69, 9.17) is 5.26 Å². The minimum Gasteiger partial charge on any atom is -0.260 e. The molecule has 1 rings (SSSR count). The van der Waals surface area contributed by atoms with Gasteiger partial charge < -0.3 is 0 Å². The molecule has 1 aromatic heterocycles. The van der Waals surface area contributed by atoms with Gasteiger partial charge >= 0.3 is 0 Å². The zero-order chi connectivity index (χ0) is 8.65. The van der Waals surface area contributed by atoms with E-state index in [1.807, 2.05) is 18.2 Å². The highest BCUT2D eigenvalue weighted by Crippen LogP contribution is 2.09. The maximum atomic E-state index is 8.28. The van der Waals surface area contributed by atoms with Crippen LogP contribution in [0.5, 0.6) is 0 Å². The van der Waals surface area contributed by atoms with E-state index in [9.17, 15) is 0 Å². The smallest absolute Gasteiger partial charge is 0.0630 e. The van der Waals surface area contributed by atoms with Crippen LogP contribution in [0.3, 0.4) is 0 Å². The van der Waals surface area contributed by atoms with Gasteiger partial charge in [-0.15, -0.1) is 0 Å². The van der Waals surface area contributed by atoms with Crippen molar-refractivity contribution in [3.8, 4) is 6.07 Å². The lowest BCUT2D eigenvalue weighted by atomic mass is 10.4. The predicted molar refractivity (Wildman–Crippen MR) is 50.6 cm³/mol.